The SMILES string of the molecule is O=CNc1cc2cccnc2[nH]c1=O. The van der Waals surface area contributed by atoms with Crippen LogP contribution in [0, 0.1) is 0 Å². The number of aromatic amines is 1. The fraction of sp³-hybridized carbons (Fsp3) is 0. The van der Waals surface area contributed by atoms with E-state index in [1.165, 1.54) is 0 Å². The Labute approximate surface area is 78.8 Å². The van der Waals surface area contributed by atoms with Crippen molar-refractivity contribution in [2.45, 2.75) is 0 Å². The molecule has 1 amide bonds. The predicted molar refractivity (Wildman–Crippen MR) is 52.1 cm³/mol. The van der Waals surface area contributed by atoms with Crippen molar-refractivity contribution >= 4 is 23.1 Å². The van der Waals surface area contributed by atoms with Gasteiger partial charge in [0, 0.05) is 11.6 Å². The van der Waals surface area contributed by atoms with Crippen molar-refractivity contribution in [1.29, 1.82) is 0 Å². The molecule has 2 aromatic rings. The molecule has 5 heteroatoms. The lowest BCUT2D eigenvalue weighted by molar-refractivity contribution is -0.105. The molecule has 2 heterocycles. The van der Waals surface area contributed by atoms with E-state index < -0.39 is 0 Å². The quantitative estimate of drug-likeness (QED) is 0.675. The van der Waals surface area contributed by atoms with Crippen LogP contribution in [0.2, 0.25) is 0 Å². The van der Waals surface area contributed by atoms with Gasteiger partial charge in [-0.3, -0.25) is 9.59 Å². The van der Waals surface area contributed by atoms with Crippen molar-refractivity contribution in [2.24, 2.45) is 0 Å². The van der Waals surface area contributed by atoms with E-state index in [1.54, 1.807) is 24.4 Å². The number of fused-ring (bicyclic) bond motifs is 1. The Morgan fingerprint density at radius 3 is 3.14 bits per heavy atom. The Bertz CT molecular complexity index is 533. The van der Waals surface area contributed by atoms with Gasteiger partial charge in [0.1, 0.15) is 11.3 Å². The number of carbonyl (C=O) groups excluding carboxylic acids is 1. The lowest BCUT2D eigenvalue weighted by Crippen LogP contribution is -2.13. The fourth-order valence-corrected chi connectivity index (χ4v) is 1.21. The van der Waals surface area contributed by atoms with Gasteiger partial charge >= 0.3 is 0 Å². The molecule has 0 saturated heterocycles. The first kappa shape index (κ1) is 8.43. The van der Waals surface area contributed by atoms with Crippen LogP contribution in [-0.4, -0.2) is 16.4 Å². The molecule has 2 aromatic heterocycles. The van der Waals surface area contributed by atoms with E-state index in [1.807, 2.05) is 0 Å². The molecule has 2 N–H and O–H groups in total. The average Bonchev–Trinajstić information content (AvgIpc) is 2.19. The van der Waals surface area contributed by atoms with Crippen LogP contribution in [0.3, 0.4) is 0 Å². The van der Waals surface area contributed by atoms with E-state index in [0.29, 0.717) is 12.1 Å². The van der Waals surface area contributed by atoms with Gasteiger partial charge in [-0.2, -0.15) is 0 Å². The van der Waals surface area contributed by atoms with Crippen LogP contribution in [0.25, 0.3) is 11.0 Å². The van der Waals surface area contributed by atoms with E-state index in [2.05, 4.69) is 15.3 Å². The van der Waals surface area contributed by atoms with Gasteiger partial charge < -0.3 is 10.3 Å². The molecule has 0 aliphatic heterocycles. The smallest absolute Gasteiger partial charge is 0.273 e. The van der Waals surface area contributed by atoms with Crippen LogP contribution < -0.4 is 10.9 Å². The molecule has 0 aliphatic rings. The first-order valence-corrected chi connectivity index (χ1v) is 3.99. The normalized spacial score (nSPS) is 10.0. The molecule has 0 atom stereocenters. The third kappa shape index (κ3) is 1.35. The van der Waals surface area contributed by atoms with Gasteiger partial charge in [-0.15, -0.1) is 0 Å². The molecule has 0 spiro atoms. The van der Waals surface area contributed by atoms with Crippen LogP contribution in [0.4, 0.5) is 5.69 Å². The second kappa shape index (κ2) is 3.29. The molecule has 0 unspecified atom stereocenters. The lowest BCUT2D eigenvalue weighted by atomic mass is 10.3. The van der Waals surface area contributed by atoms with Crippen molar-refractivity contribution in [3.05, 3.63) is 34.7 Å². The van der Waals surface area contributed by atoms with Gasteiger partial charge in [0.05, 0.1) is 0 Å². The number of nitrogens with zero attached hydrogens (tertiary/aromatic N) is 1. The number of hydrogen-bond acceptors (Lipinski definition) is 3. The third-order valence-corrected chi connectivity index (χ3v) is 1.83. The van der Waals surface area contributed by atoms with Crippen molar-refractivity contribution in [1.82, 2.24) is 9.97 Å². The highest BCUT2D eigenvalue weighted by Gasteiger charge is 2.00. The number of aromatic nitrogens is 2. The van der Waals surface area contributed by atoms with E-state index >= 15 is 0 Å². The maximum absolute atomic E-state index is 11.3. The van der Waals surface area contributed by atoms with Gasteiger partial charge in [0.2, 0.25) is 6.41 Å². The van der Waals surface area contributed by atoms with Crippen LogP contribution >= 0.6 is 0 Å². The number of hydrogen-bond donors (Lipinski definition) is 2. The van der Waals surface area contributed by atoms with E-state index in [-0.39, 0.29) is 11.2 Å². The number of carbonyl (C=O) groups is 1. The Kier molecular flexibility index (Phi) is 1.98. The Balaban J connectivity index is 2.70. The van der Waals surface area contributed by atoms with Crippen molar-refractivity contribution in [2.75, 3.05) is 5.32 Å². The fourth-order valence-electron chi connectivity index (χ4n) is 1.21. The van der Waals surface area contributed by atoms with Gasteiger partial charge in [-0.25, -0.2) is 4.98 Å². The minimum absolute atomic E-state index is 0.223. The highest BCUT2D eigenvalue weighted by atomic mass is 16.1. The molecule has 0 bridgehead atoms. The summed E-state index contributed by atoms with van der Waals surface area (Å²) in [6.07, 6.45) is 2.05. The number of H-pyrrole nitrogens is 1. The summed E-state index contributed by atoms with van der Waals surface area (Å²) < 4.78 is 0. The monoisotopic (exact) mass is 189 g/mol. The standard InChI is InChI=1S/C9H7N3O2/c13-5-11-7-4-6-2-1-3-10-8(6)12-9(7)14/h1-5H,(H,11,13)(H,10,12,14). The molecule has 0 aliphatic carbocycles. The van der Waals surface area contributed by atoms with Crippen molar-refractivity contribution in [3.63, 3.8) is 0 Å². The van der Waals surface area contributed by atoms with E-state index in [0.717, 1.165) is 5.39 Å². The van der Waals surface area contributed by atoms with Gasteiger partial charge in [0.15, 0.2) is 0 Å². The number of pyridine rings is 2. The zero-order valence-corrected chi connectivity index (χ0v) is 7.15. The van der Waals surface area contributed by atoms with Crippen LogP contribution in [0.15, 0.2) is 29.2 Å². The summed E-state index contributed by atoms with van der Waals surface area (Å²) in [5, 5.41) is 3.09. The molecule has 0 saturated carbocycles. The lowest BCUT2D eigenvalue weighted by Gasteiger charge is -1.99. The molecular formula is C9H7N3O2. The highest BCUT2D eigenvalue weighted by molar-refractivity contribution is 5.81. The van der Waals surface area contributed by atoms with Gasteiger partial charge in [-0.1, -0.05) is 0 Å². The third-order valence-electron chi connectivity index (χ3n) is 1.83. The molecular weight excluding hydrogens is 182 g/mol. The molecule has 2 rings (SSSR count). The van der Waals surface area contributed by atoms with Gasteiger partial charge in [-0.05, 0) is 18.2 Å². The Morgan fingerprint density at radius 1 is 1.50 bits per heavy atom. The van der Waals surface area contributed by atoms with Crippen LogP contribution in [0.5, 0.6) is 0 Å². The second-order valence-corrected chi connectivity index (χ2v) is 2.72. The maximum Gasteiger partial charge on any atom is 0.273 e. The second-order valence-electron chi connectivity index (χ2n) is 2.72. The topological polar surface area (TPSA) is 74.8 Å². The zero-order valence-electron chi connectivity index (χ0n) is 7.15. The summed E-state index contributed by atoms with van der Waals surface area (Å²) in [4.78, 5) is 28.0. The van der Waals surface area contributed by atoms with Crippen LogP contribution in [-0.2, 0) is 4.79 Å². The van der Waals surface area contributed by atoms with E-state index in [4.69, 9.17) is 0 Å². The molecule has 5 nitrogen and oxygen atoms in total. The molecule has 0 fully saturated rings. The maximum atomic E-state index is 11.3. The van der Waals surface area contributed by atoms with Gasteiger partial charge in [0.25, 0.3) is 5.56 Å². The summed E-state index contributed by atoms with van der Waals surface area (Å²) >= 11 is 0. The number of anilines is 1. The predicted octanol–water partition coefficient (Wildman–Crippen LogP) is 0.491. The minimum atomic E-state index is -0.358. The summed E-state index contributed by atoms with van der Waals surface area (Å²) in [6.45, 7) is 0. The summed E-state index contributed by atoms with van der Waals surface area (Å²) in [5.74, 6) is 0. The number of amides is 1. The average molecular weight is 189 g/mol. The first-order chi connectivity index (χ1) is 6.81. The summed E-state index contributed by atoms with van der Waals surface area (Å²) in [5.41, 5.74) is 0.373. The Morgan fingerprint density at radius 2 is 2.36 bits per heavy atom. The number of nitrogens with one attached hydrogen (secondary N) is 2. The summed E-state index contributed by atoms with van der Waals surface area (Å²) in [7, 11) is 0. The van der Waals surface area contributed by atoms with Crippen molar-refractivity contribution < 1.29 is 4.79 Å². The molecule has 14 heavy (non-hydrogen) atoms. The minimum Gasteiger partial charge on any atom is -0.324 e. The number of rotatable bonds is 2. The Hall–Kier alpha value is -2.17. The van der Waals surface area contributed by atoms with Crippen molar-refractivity contribution in [3.8, 4) is 0 Å². The van der Waals surface area contributed by atoms with E-state index in [9.17, 15) is 9.59 Å². The van der Waals surface area contributed by atoms with Crippen LogP contribution in [0.1, 0.15) is 0 Å². The molecule has 70 valence electrons. The zero-order chi connectivity index (χ0) is 9.97. The highest BCUT2D eigenvalue weighted by Crippen LogP contribution is 2.09. The largest absolute Gasteiger partial charge is 0.324 e. The summed E-state index contributed by atoms with van der Waals surface area (Å²) in [6, 6.07) is 5.13. The molecule has 0 aromatic carbocycles. The first-order valence-electron chi connectivity index (χ1n) is 3.99. The molecule has 0 radical (unpaired) electrons.